The van der Waals surface area contributed by atoms with Crippen LogP contribution in [0, 0.1) is 0 Å². The third-order valence-electron chi connectivity index (χ3n) is 9.35. The molecule has 9 nitrogen and oxygen atoms in total. The number of phosphoric acid groups is 1. The monoisotopic (exact) mass is 810 g/mol. The van der Waals surface area contributed by atoms with Gasteiger partial charge in [-0.1, -0.05) is 165 Å². The van der Waals surface area contributed by atoms with E-state index in [1.807, 2.05) is 21.1 Å². The van der Waals surface area contributed by atoms with E-state index in [0.29, 0.717) is 23.9 Å². The van der Waals surface area contributed by atoms with Crippen LogP contribution < -0.4 is 4.89 Å². The lowest BCUT2D eigenvalue weighted by atomic mass is 10.0. The van der Waals surface area contributed by atoms with E-state index in [1.54, 1.807) is 0 Å². The first kappa shape index (κ1) is 54.0. The van der Waals surface area contributed by atoms with Crippen molar-refractivity contribution in [3.05, 3.63) is 48.6 Å². The first-order valence-corrected chi connectivity index (χ1v) is 23.8. The molecule has 10 heteroatoms. The van der Waals surface area contributed by atoms with Gasteiger partial charge in [0.25, 0.3) is 7.82 Å². The van der Waals surface area contributed by atoms with Crippen LogP contribution in [0.5, 0.6) is 0 Å². The van der Waals surface area contributed by atoms with E-state index in [4.69, 9.17) is 18.5 Å². The Labute approximate surface area is 343 Å². The van der Waals surface area contributed by atoms with E-state index in [0.717, 1.165) is 44.9 Å². The number of phosphoric ester groups is 1. The predicted molar refractivity (Wildman–Crippen MR) is 231 cm³/mol. The van der Waals surface area contributed by atoms with Gasteiger partial charge in [0, 0.05) is 12.8 Å². The molecule has 0 aromatic rings. The molecule has 0 amide bonds. The highest BCUT2D eigenvalue weighted by Gasteiger charge is 2.21. The van der Waals surface area contributed by atoms with Crippen molar-refractivity contribution in [2.24, 2.45) is 0 Å². The van der Waals surface area contributed by atoms with Gasteiger partial charge in [0.1, 0.15) is 19.8 Å². The topological polar surface area (TPSA) is 111 Å². The molecular weight excluding hydrogens is 725 g/mol. The maximum absolute atomic E-state index is 12.7. The second-order valence-electron chi connectivity index (χ2n) is 16.1. The average Bonchev–Trinajstić information content (AvgIpc) is 3.15. The standard InChI is InChI=1S/C46H84NO8P/c1-6-8-10-12-14-16-18-20-22-23-25-26-28-30-32-34-36-38-45(48)52-42-44(43-54-56(50,51)53-41-40-47(3,4)5)55-46(49)39-37-35-33-31-29-27-24-21-19-17-15-13-11-9-7-2/h14,16,20,22,25-26,30,32,44H,6-13,15,17-19,21,23-24,27-29,31,33-43H2,1-5H3/b16-14+,22-20+,26-25+,32-30+/t44-/m1/s1. The van der Waals surface area contributed by atoms with Crippen LogP contribution in [0.1, 0.15) is 181 Å². The number of ether oxygens (including phenoxy) is 2. The molecule has 0 rings (SSSR count). The Morgan fingerprint density at radius 1 is 0.554 bits per heavy atom. The molecule has 0 aromatic heterocycles. The molecular formula is C46H84NO8P. The number of carbonyl (C=O) groups is 2. The molecule has 0 spiro atoms. The number of hydrogen-bond acceptors (Lipinski definition) is 8. The van der Waals surface area contributed by atoms with Gasteiger partial charge >= 0.3 is 11.9 Å². The van der Waals surface area contributed by atoms with Gasteiger partial charge in [0.2, 0.25) is 0 Å². The molecule has 1 unspecified atom stereocenters. The van der Waals surface area contributed by atoms with Crippen molar-refractivity contribution in [1.29, 1.82) is 0 Å². The van der Waals surface area contributed by atoms with Gasteiger partial charge in [-0.15, -0.1) is 0 Å². The van der Waals surface area contributed by atoms with Crippen LogP contribution in [0.3, 0.4) is 0 Å². The zero-order valence-electron chi connectivity index (χ0n) is 36.6. The molecule has 0 aromatic carbocycles. The van der Waals surface area contributed by atoms with E-state index in [-0.39, 0.29) is 26.1 Å². The quantitative estimate of drug-likeness (QED) is 0.0198. The molecule has 0 heterocycles. The summed E-state index contributed by atoms with van der Waals surface area (Å²) in [4.78, 5) is 37.5. The van der Waals surface area contributed by atoms with E-state index in [9.17, 15) is 19.0 Å². The van der Waals surface area contributed by atoms with Crippen molar-refractivity contribution in [3.63, 3.8) is 0 Å². The fraction of sp³-hybridized carbons (Fsp3) is 0.783. The number of quaternary nitrogens is 1. The zero-order valence-corrected chi connectivity index (χ0v) is 37.5. The zero-order chi connectivity index (χ0) is 41.4. The summed E-state index contributed by atoms with van der Waals surface area (Å²) in [6, 6.07) is 0. The number of nitrogens with zero attached hydrogens (tertiary/aromatic N) is 1. The number of unbranched alkanes of at least 4 members (excludes halogenated alkanes) is 18. The third-order valence-corrected chi connectivity index (χ3v) is 10.3. The van der Waals surface area contributed by atoms with Gasteiger partial charge in [-0.3, -0.25) is 14.2 Å². The Morgan fingerprint density at radius 3 is 1.48 bits per heavy atom. The van der Waals surface area contributed by atoms with Gasteiger partial charge in [-0.25, -0.2) is 0 Å². The predicted octanol–water partition coefficient (Wildman–Crippen LogP) is 12.1. The lowest BCUT2D eigenvalue weighted by Gasteiger charge is -2.28. The van der Waals surface area contributed by atoms with Crippen LogP contribution in [0.2, 0.25) is 0 Å². The van der Waals surface area contributed by atoms with Crippen molar-refractivity contribution in [2.45, 2.75) is 187 Å². The van der Waals surface area contributed by atoms with Gasteiger partial charge in [-0.05, 0) is 51.4 Å². The van der Waals surface area contributed by atoms with Crippen LogP contribution in [-0.2, 0) is 32.7 Å². The lowest BCUT2D eigenvalue weighted by Crippen LogP contribution is -2.37. The van der Waals surface area contributed by atoms with Crippen molar-refractivity contribution >= 4 is 19.8 Å². The number of likely N-dealkylation sites (N-methyl/N-ethyl adjacent to an activating group) is 1. The molecule has 2 atom stereocenters. The third kappa shape index (κ3) is 41.6. The SMILES string of the molecule is CCCCC/C=C/C/C=C/C/C=C/C/C=C/CCCC(=O)OC[C@H](COP(=O)([O-])OCC[N+](C)(C)C)OC(=O)CCCCCCCCCCCCCCCCC. The molecule has 0 fully saturated rings. The molecule has 0 saturated heterocycles. The van der Waals surface area contributed by atoms with Crippen LogP contribution in [0.25, 0.3) is 0 Å². The normalized spacial score (nSPS) is 14.0. The highest BCUT2D eigenvalue weighted by atomic mass is 31.2. The molecule has 0 radical (unpaired) electrons. The van der Waals surface area contributed by atoms with E-state index in [2.05, 4.69) is 62.5 Å². The van der Waals surface area contributed by atoms with Crippen molar-refractivity contribution in [1.82, 2.24) is 0 Å². The largest absolute Gasteiger partial charge is 0.756 e. The van der Waals surface area contributed by atoms with Crippen molar-refractivity contribution in [2.75, 3.05) is 47.5 Å². The van der Waals surface area contributed by atoms with E-state index >= 15 is 0 Å². The summed E-state index contributed by atoms with van der Waals surface area (Å²) >= 11 is 0. The van der Waals surface area contributed by atoms with Crippen LogP contribution >= 0.6 is 7.82 Å². The minimum atomic E-state index is -4.64. The summed E-state index contributed by atoms with van der Waals surface area (Å²) < 4.78 is 33.8. The number of rotatable bonds is 40. The smallest absolute Gasteiger partial charge is 0.306 e. The molecule has 0 saturated carbocycles. The highest BCUT2D eigenvalue weighted by Crippen LogP contribution is 2.38. The van der Waals surface area contributed by atoms with Crippen LogP contribution in [0.15, 0.2) is 48.6 Å². The highest BCUT2D eigenvalue weighted by molar-refractivity contribution is 7.45. The maximum atomic E-state index is 12.7. The second-order valence-corrected chi connectivity index (χ2v) is 17.5. The summed E-state index contributed by atoms with van der Waals surface area (Å²) in [5.74, 6) is -0.898. The molecule has 56 heavy (non-hydrogen) atoms. The Morgan fingerprint density at radius 2 is 0.982 bits per heavy atom. The number of allylic oxidation sites excluding steroid dienone is 8. The average molecular weight is 810 g/mol. The number of hydrogen-bond donors (Lipinski definition) is 0. The van der Waals surface area contributed by atoms with Crippen LogP contribution in [-0.4, -0.2) is 70.0 Å². The van der Waals surface area contributed by atoms with Crippen molar-refractivity contribution in [3.8, 4) is 0 Å². The summed E-state index contributed by atoms with van der Waals surface area (Å²) in [6.07, 6.45) is 44.3. The van der Waals surface area contributed by atoms with E-state index < -0.39 is 32.5 Å². The first-order chi connectivity index (χ1) is 27.0. The second kappa shape index (κ2) is 38.5. The molecule has 0 aliphatic rings. The lowest BCUT2D eigenvalue weighted by molar-refractivity contribution is -0.870. The fourth-order valence-corrected chi connectivity index (χ4v) is 6.55. The summed E-state index contributed by atoms with van der Waals surface area (Å²) in [6.45, 7) is 4.14. The Balaban J connectivity index is 4.44. The molecule has 0 aliphatic heterocycles. The number of esters is 2. The van der Waals surface area contributed by atoms with Gasteiger partial charge in [0.15, 0.2) is 6.10 Å². The molecule has 0 N–H and O–H groups in total. The summed E-state index contributed by atoms with van der Waals surface area (Å²) in [7, 11) is 1.14. The van der Waals surface area contributed by atoms with Crippen molar-refractivity contribution < 1.29 is 42.1 Å². The Bertz CT molecular complexity index is 1100. The van der Waals surface area contributed by atoms with Gasteiger partial charge in [0.05, 0.1) is 27.7 Å². The molecule has 0 aliphatic carbocycles. The molecule has 0 bridgehead atoms. The Hall–Kier alpha value is -2.03. The minimum absolute atomic E-state index is 0.0393. The van der Waals surface area contributed by atoms with Gasteiger partial charge in [-0.2, -0.15) is 0 Å². The fourth-order valence-electron chi connectivity index (χ4n) is 5.82. The van der Waals surface area contributed by atoms with Crippen LogP contribution in [0.4, 0.5) is 0 Å². The first-order valence-electron chi connectivity index (χ1n) is 22.3. The minimum Gasteiger partial charge on any atom is -0.756 e. The Kier molecular flexibility index (Phi) is 37.1. The number of carbonyl (C=O) groups excluding carboxylic acids is 2. The summed E-state index contributed by atoms with van der Waals surface area (Å²) in [5, 5.41) is 0. The van der Waals surface area contributed by atoms with E-state index in [1.165, 1.54) is 96.3 Å². The maximum Gasteiger partial charge on any atom is 0.306 e. The molecule has 326 valence electrons. The van der Waals surface area contributed by atoms with Gasteiger partial charge < -0.3 is 27.9 Å². The summed E-state index contributed by atoms with van der Waals surface area (Å²) in [5.41, 5.74) is 0.